The van der Waals surface area contributed by atoms with Crippen LogP contribution in [0.5, 0.6) is 11.6 Å². The first-order valence-corrected chi connectivity index (χ1v) is 5.40. The van der Waals surface area contributed by atoms with E-state index in [1.807, 2.05) is 0 Å². The molecule has 0 bridgehead atoms. The van der Waals surface area contributed by atoms with Crippen LogP contribution in [0.3, 0.4) is 0 Å². The highest BCUT2D eigenvalue weighted by Crippen LogP contribution is 2.26. The van der Waals surface area contributed by atoms with Crippen LogP contribution in [0.15, 0.2) is 30.5 Å². The molecule has 0 atom stereocenters. The molecule has 5 nitrogen and oxygen atoms in total. The van der Waals surface area contributed by atoms with Crippen molar-refractivity contribution in [1.29, 1.82) is 0 Å². The summed E-state index contributed by atoms with van der Waals surface area (Å²) >= 11 is 0. The van der Waals surface area contributed by atoms with Gasteiger partial charge >= 0.3 is 0 Å². The molecule has 0 saturated carbocycles. The zero-order chi connectivity index (χ0) is 14.7. The van der Waals surface area contributed by atoms with E-state index >= 15 is 0 Å². The van der Waals surface area contributed by atoms with Gasteiger partial charge in [-0.2, -0.15) is 0 Å². The summed E-state index contributed by atoms with van der Waals surface area (Å²) in [6, 6.07) is 4.60. The monoisotopic (exact) mass is 278 g/mol. The lowest BCUT2D eigenvalue weighted by molar-refractivity contribution is 0.0999. The minimum absolute atomic E-state index is 0.00380. The van der Waals surface area contributed by atoms with E-state index < -0.39 is 23.1 Å². The van der Waals surface area contributed by atoms with Crippen LogP contribution in [0, 0.1) is 11.6 Å². The van der Waals surface area contributed by atoms with Gasteiger partial charge in [-0.3, -0.25) is 9.59 Å². The Bertz CT molecular complexity index is 672. The Morgan fingerprint density at radius 2 is 2.00 bits per heavy atom. The number of nitrogens with zero attached hydrogens (tertiary/aromatic N) is 1. The highest BCUT2D eigenvalue weighted by atomic mass is 19.2. The number of benzene rings is 1. The topological polar surface area (TPSA) is 82.3 Å². The van der Waals surface area contributed by atoms with Crippen LogP contribution >= 0.6 is 0 Å². The summed E-state index contributed by atoms with van der Waals surface area (Å²) in [6.45, 7) is 0. The predicted molar refractivity (Wildman–Crippen MR) is 64.6 cm³/mol. The number of halogens is 2. The second-order valence-corrected chi connectivity index (χ2v) is 3.74. The van der Waals surface area contributed by atoms with Crippen molar-refractivity contribution in [3.63, 3.8) is 0 Å². The Morgan fingerprint density at radius 3 is 2.55 bits per heavy atom. The zero-order valence-corrected chi connectivity index (χ0v) is 9.97. The molecule has 0 spiro atoms. The Labute approximate surface area is 112 Å². The number of aldehydes is 1. The van der Waals surface area contributed by atoms with Crippen molar-refractivity contribution < 1.29 is 23.1 Å². The Hall–Kier alpha value is -2.83. The number of hydrogen-bond acceptors (Lipinski definition) is 4. The first kappa shape index (κ1) is 13.6. The minimum atomic E-state index is -1.30. The van der Waals surface area contributed by atoms with E-state index in [4.69, 9.17) is 10.5 Å². The van der Waals surface area contributed by atoms with Crippen molar-refractivity contribution in [2.75, 3.05) is 0 Å². The fourth-order valence-electron chi connectivity index (χ4n) is 1.45. The zero-order valence-electron chi connectivity index (χ0n) is 9.97. The number of amides is 1. The number of pyridine rings is 1. The maximum Gasteiger partial charge on any atom is 0.250 e. The highest BCUT2D eigenvalue weighted by molar-refractivity contribution is 5.92. The summed E-state index contributed by atoms with van der Waals surface area (Å²) in [6.07, 6.45) is 1.31. The molecule has 0 aliphatic rings. The van der Waals surface area contributed by atoms with E-state index in [0.29, 0.717) is 0 Å². The van der Waals surface area contributed by atoms with Crippen molar-refractivity contribution in [2.45, 2.75) is 0 Å². The molecule has 20 heavy (non-hydrogen) atoms. The van der Waals surface area contributed by atoms with E-state index in [-0.39, 0.29) is 23.5 Å². The van der Waals surface area contributed by atoms with Gasteiger partial charge in [-0.15, -0.1) is 0 Å². The van der Waals surface area contributed by atoms with E-state index in [1.165, 1.54) is 12.1 Å². The standard InChI is InChI=1S/C13H8F2N2O3/c14-9-2-3-10(8(6-18)12(9)15)20-11-4-1-7(5-17-11)13(16)19/h1-6H,(H2,16,19). The van der Waals surface area contributed by atoms with Crippen LogP contribution in [0.2, 0.25) is 0 Å². The average molecular weight is 278 g/mol. The Kier molecular flexibility index (Phi) is 3.69. The van der Waals surface area contributed by atoms with Gasteiger partial charge in [0.25, 0.3) is 0 Å². The number of aromatic nitrogens is 1. The Morgan fingerprint density at radius 1 is 1.25 bits per heavy atom. The van der Waals surface area contributed by atoms with Gasteiger partial charge in [0.2, 0.25) is 11.8 Å². The molecule has 0 radical (unpaired) electrons. The first-order valence-electron chi connectivity index (χ1n) is 5.40. The van der Waals surface area contributed by atoms with Crippen LogP contribution in [0.25, 0.3) is 0 Å². The average Bonchev–Trinajstić information content (AvgIpc) is 2.44. The van der Waals surface area contributed by atoms with E-state index in [9.17, 15) is 18.4 Å². The van der Waals surface area contributed by atoms with Gasteiger partial charge in [0.15, 0.2) is 17.9 Å². The molecule has 0 aliphatic heterocycles. The molecule has 2 rings (SSSR count). The third-order valence-electron chi connectivity index (χ3n) is 2.45. The third kappa shape index (κ3) is 2.61. The number of ether oxygens (including phenoxy) is 1. The lowest BCUT2D eigenvalue weighted by atomic mass is 10.2. The van der Waals surface area contributed by atoms with Crippen LogP contribution < -0.4 is 10.5 Å². The van der Waals surface area contributed by atoms with Gasteiger partial charge in [-0.1, -0.05) is 0 Å². The second-order valence-electron chi connectivity index (χ2n) is 3.74. The molecule has 0 aliphatic carbocycles. The van der Waals surface area contributed by atoms with Crippen molar-refractivity contribution in [2.24, 2.45) is 5.73 Å². The summed E-state index contributed by atoms with van der Waals surface area (Å²) in [7, 11) is 0. The molecule has 1 aromatic carbocycles. The second kappa shape index (κ2) is 5.43. The highest BCUT2D eigenvalue weighted by Gasteiger charge is 2.15. The van der Waals surface area contributed by atoms with Crippen LogP contribution in [-0.2, 0) is 0 Å². The molecule has 2 aromatic rings. The SMILES string of the molecule is NC(=O)c1ccc(Oc2ccc(F)c(F)c2C=O)nc1. The van der Waals surface area contributed by atoms with Gasteiger partial charge < -0.3 is 10.5 Å². The van der Waals surface area contributed by atoms with Crippen molar-refractivity contribution in [1.82, 2.24) is 4.98 Å². The summed E-state index contributed by atoms with van der Waals surface area (Å²) in [4.78, 5) is 25.4. The summed E-state index contributed by atoms with van der Waals surface area (Å²) in [5.41, 5.74) is 4.66. The van der Waals surface area contributed by atoms with Crippen LogP contribution in [0.1, 0.15) is 20.7 Å². The fourth-order valence-corrected chi connectivity index (χ4v) is 1.45. The molecule has 1 heterocycles. The predicted octanol–water partition coefficient (Wildman–Crippen LogP) is 2.06. The minimum Gasteiger partial charge on any atom is -0.438 e. The normalized spacial score (nSPS) is 10.1. The number of nitrogens with two attached hydrogens (primary N) is 1. The largest absolute Gasteiger partial charge is 0.438 e. The molecule has 0 saturated heterocycles. The number of primary amides is 1. The molecule has 0 fully saturated rings. The number of hydrogen-bond donors (Lipinski definition) is 1. The van der Waals surface area contributed by atoms with Gasteiger partial charge in [0.05, 0.1) is 11.1 Å². The maximum absolute atomic E-state index is 13.4. The van der Waals surface area contributed by atoms with Gasteiger partial charge in [-0.25, -0.2) is 13.8 Å². The van der Waals surface area contributed by atoms with Crippen molar-refractivity contribution in [3.05, 3.63) is 53.2 Å². The molecular weight excluding hydrogens is 270 g/mol. The molecule has 102 valence electrons. The molecule has 1 amide bonds. The van der Waals surface area contributed by atoms with Gasteiger partial charge in [0, 0.05) is 12.3 Å². The van der Waals surface area contributed by atoms with Crippen molar-refractivity contribution >= 4 is 12.2 Å². The molecule has 1 aromatic heterocycles. The van der Waals surface area contributed by atoms with Gasteiger partial charge in [0.1, 0.15) is 5.75 Å². The molecule has 7 heteroatoms. The summed E-state index contributed by atoms with van der Waals surface area (Å²) in [5, 5.41) is 0. The maximum atomic E-state index is 13.4. The van der Waals surface area contributed by atoms with E-state index in [1.54, 1.807) is 0 Å². The molecular formula is C13H8F2N2O3. The Balaban J connectivity index is 2.32. The lowest BCUT2D eigenvalue weighted by Crippen LogP contribution is -2.11. The van der Waals surface area contributed by atoms with Crippen LogP contribution in [-0.4, -0.2) is 17.2 Å². The van der Waals surface area contributed by atoms with Crippen molar-refractivity contribution in [3.8, 4) is 11.6 Å². The number of carbonyl (C=O) groups is 2. The first-order chi connectivity index (χ1) is 9.52. The fraction of sp³-hybridized carbons (Fsp3) is 0. The number of rotatable bonds is 4. The summed E-state index contributed by atoms with van der Waals surface area (Å²) < 4.78 is 31.5. The summed E-state index contributed by atoms with van der Waals surface area (Å²) in [5.74, 6) is -3.30. The van der Waals surface area contributed by atoms with Crippen LogP contribution in [0.4, 0.5) is 8.78 Å². The van der Waals surface area contributed by atoms with E-state index in [2.05, 4.69) is 4.98 Å². The third-order valence-corrected chi connectivity index (χ3v) is 2.45. The van der Waals surface area contributed by atoms with Gasteiger partial charge in [-0.05, 0) is 18.2 Å². The quantitative estimate of drug-likeness (QED) is 0.868. The molecule has 2 N–H and O–H groups in total. The lowest BCUT2D eigenvalue weighted by Gasteiger charge is -2.08. The smallest absolute Gasteiger partial charge is 0.250 e. The molecule has 0 unspecified atom stereocenters. The number of carbonyl (C=O) groups excluding carboxylic acids is 2. The van der Waals surface area contributed by atoms with E-state index in [0.717, 1.165) is 18.3 Å².